The molecule has 3 nitrogen and oxygen atoms in total. The molecule has 98 valence electrons. The van der Waals surface area contributed by atoms with E-state index in [0.29, 0.717) is 11.3 Å². The molecule has 1 atom stereocenters. The van der Waals surface area contributed by atoms with Gasteiger partial charge in [0, 0.05) is 18.2 Å². The molecular weight excluding hydrogens is 231 g/mol. The van der Waals surface area contributed by atoms with Crippen LogP contribution in [0, 0.1) is 17.2 Å². The van der Waals surface area contributed by atoms with Crippen molar-refractivity contribution < 1.29 is 9.18 Å². The first-order chi connectivity index (χ1) is 8.42. The molecule has 1 aromatic rings. The highest BCUT2D eigenvalue weighted by Crippen LogP contribution is 2.46. The van der Waals surface area contributed by atoms with Crippen molar-refractivity contribution in [1.29, 1.82) is 0 Å². The zero-order chi connectivity index (χ0) is 13.3. The Morgan fingerprint density at radius 2 is 2.22 bits per heavy atom. The minimum Gasteiger partial charge on any atom is -0.326 e. The molecule has 0 heterocycles. The number of benzene rings is 1. The Bertz CT molecular complexity index is 471. The third-order valence-corrected chi connectivity index (χ3v) is 3.80. The number of carbonyl (C=O) groups is 1. The molecule has 0 aromatic heterocycles. The van der Waals surface area contributed by atoms with Crippen molar-refractivity contribution in [3.05, 3.63) is 29.6 Å². The molecule has 3 N–H and O–H groups in total. The summed E-state index contributed by atoms with van der Waals surface area (Å²) in [5.41, 5.74) is 6.70. The quantitative estimate of drug-likeness (QED) is 0.866. The summed E-state index contributed by atoms with van der Waals surface area (Å²) in [6.45, 7) is 4.42. The maximum absolute atomic E-state index is 13.3. The van der Waals surface area contributed by atoms with E-state index in [1.807, 2.05) is 0 Å². The molecule has 0 saturated heterocycles. The van der Waals surface area contributed by atoms with E-state index >= 15 is 0 Å². The molecule has 1 amide bonds. The highest BCUT2D eigenvalue weighted by atomic mass is 19.1. The second kappa shape index (κ2) is 4.69. The van der Waals surface area contributed by atoms with Gasteiger partial charge in [-0.05, 0) is 42.0 Å². The van der Waals surface area contributed by atoms with Gasteiger partial charge in [-0.25, -0.2) is 4.39 Å². The van der Waals surface area contributed by atoms with Crippen LogP contribution < -0.4 is 11.1 Å². The lowest BCUT2D eigenvalue weighted by molar-refractivity contribution is -0.128. The number of amides is 1. The van der Waals surface area contributed by atoms with Gasteiger partial charge < -0.3 is 11.1 Å². The second-order valence-corrected chi connectivity index (χ2v) is 5.62. The Hall–Kier alpha value is -1.42. The maximum Gasteiger partial charge on any atom is 0.228 e. The van der Waals surface area contributed by atoms with E-state index in [1.165, 1.54) is 12.1 Å². The fourth-order valence-electron chi connectivity index (χ4n) is 2.42. The first-order valence-electron chi connectivity index (χ1n) is 6.23. The van der Waals surface area contributed by atoms with Crippen molar-refractivity contribution in [3.63, 3.8) is 0 Å². The Labute approximate surface area is 107 Å². The number of nitrogens with one attached hydrogen (secondary N) is 1. The summed E-state index contributed by atoms with van der Waals surface area (Å²) in [7, 11) is 0. The largest absolute Gasteiger partial charge is 0.326 e. The zero-order valence-corrected chi connectivity index (χ0v) is 10.8. The first kappa shape index (κ1) is 13.0. The van der Waals surface area contributed by atoms with Crippen molar-refractivity contribution in [1.82, 2.24) is 0 Å². The Balaban J connectivity index is 2.10. The molecule has 0 radical (unpaired) electrons. The first-order valence-corrected chi connectivity index (χ1v) is 6.23. The van der Waals surface area contributed by atoms with Crippen molar-refractivity contribution in [2.45, 2.75) is 33.2 Å². The van der Waals surface area contributed by atoms with Crippen LogP contribution in [-0.4, -0.2) is 5.91 Å². The number of anilines is 1. The van der Waals surface area contributed by atoms with Crippen LogP contribution in [0.4, 0.5) is 10.1 Å². The molecule has 1 aliphatic rings. The van der Waals surface area contributed by atoms with E-state index in [9.17, 15) is 9.18 Å². The molecule has 2 rings (SSSR count). The van der Waals surface area contributed by atoms with Crippen LogP contribution >= 0.6 is 0 Å². The van der Waals surface area contributed by atoms with E-state index in [2.05, 4.69) is 19.2 Å². The summed E-state index contributed by atoms with van der Waals surface area (Å²) < 4.78 is 13.3. The van der Waals surface area contributed by atoms with Crippen LogP contribution in [0.25, 0.3) is 0 Å². The van der Waals surface area contributed by atoms with Gasteiger partial charge >= 0.3 is 0 Å². The second-order valence-electron chi connectivity index (χ2n) is 5.62. The molecular formula is C14H19FN2O. The van der Waals surface area contributed by atoms with E-state index < -0.39 is 0 Å². The van der Waals surface area contributed by atoms with E-state index in [0.717, 1.165) is 12.8 Å². The van der Waals surface area contributed by atoms with Crippen LogP contribution in [0.1, 0.15) is 32.3 Å². The van der Waals surface area contributed by atoms with E-state index in [-0.39, 0.29) is 29.6 Å². The normalized spacial score (nSPS) is 21.2. The molecule has 0 spiro atoms. The molecule has 1 saturated carbocycles. The molecule has 1 aromatic carbocycles. The van der Waals surface area contributed by atoms with Crippen LogP contribution in [-0.2, 0) is 11.3 Å². The average molecular weight is 250 g/mol. The summed E-state index contributed by atoms with van der Waals surface area (Å²) >= 11 is 0. The number of hydrogen-bond acceptors (Lipinski definition) is 2. The average Bonchev–Trinajstić information content (AvgIpc) is 2.26. The topological polar surface area (TPSA) is 55.1 Å². The van der Waals surface area contributed by atoms with E-state index in [1.54, 1.807) is 6.07 Å². The van der Waals surface area contributed by atoms with Gasteiger partial charge in [-0.15, -0.1) is 0 Å². The molecule has 18 heavy (non-hydrogen) atoms. The lowest BCUT2D eigenvalue weighted by atomic mass is 9.62. The van der Waals surface area contributed by atoms with Crippen LogP contribution in [0.3, 0.4) is 0 Å². The standard InChI is InChI=1S/C14H19FN2O/c1-14(2)4-3-12(14)13(18)17-11-6-9(8-16)5-10(15)7-11/h5-7,12H,3-4,8,16H2,1-2H3,(H,17,18). The minimum atomic E-state index is -0.374. The summed E-state index contributed by atoms with van der Waals surface area (Å²) in [6, 6.07) is 4.41. The zero-order valence-electron chi connectivity index (χ0n) is 10.8. The van der Waals surface area contributed by atoms with E-state index in [4.69, 9.17) is 5.73 Å². The smallest absolute Gasteiger partial charge is 0.228 e. The van der Waals surface area contributed by atoms with Gasteiger partial charge in [0.1, 0.15) is 5.82 Å². The number of carbonyl (C=O) groups excluding carboxylic acids is 1. The number of rotatable bonds is 3. The molecule has 0 aliphatic heterocycles. The molecule has 1 fully saturated rings. The predicted octanol–water partition coefficient (Wildman–Crippen LogP) is 2.66. The van der Waals surface area contributed by atoms with Crippen LogP contribution in [0.5, 0.6) is 0 Å². The summed E-state index contributed by atoms with van der Waals surface area (Å²) in [6.07, 6.45) is 1.96. The van der Waals surface area contributed by atoms with Gasteiger partial charge in [0.15, 0.2) is 0 Å². The number of nitrogens with two attached hydrogens (primary N) is 1. The van der Waals surface area contributed by atoms with Gasteiger partial charge in [-0.1, -0.05) is 13.8 Å². The number of hydrogen-bond donors (Lipinski definition) is 2. The Morgan fingerprint density at radius 3 is 2.72 bits per heavy atom. The highest BCUT2D eigenvalue weighted by Gasteiger charge is 2.43. The van der Waals surface area contributed by atoms with Crippen molar-refractivity contribution in [3.8, 4) is 0 Å². The van der Waals surface area contributed by atoms with Gasteiger partial charge in [0.2, 0.25) is 5.91 Å². The van der Waals surface area contributed by atoms with Crippen molar-refractivity contribution in [2.24, 2.45) is 17.1 Å². The SMILES string of the molecule is CC1(C)CCC1C(=O)Nc1cc(F)cc(CN)c1. The fraction of sp³-hybridized carbons (Fsp3) is 0.500. The summed E-state index contributed by atoms with van der Waals surface area (Å²) in [5, 5.41) is 2.78. The van der Waals surface area contributed by atoms with Gasteiger partial charge in [-0.3, -0.25) is 4.79 Å². The fourth-order valence-corrected chi connectivity index (χ4v) is 2.42. The minimum absolute atomic E-state index is 0.0158. The molecule has 1 aliphatic carbocycles. The third-order valence-electron chi connectivity index (χ3n) is 3.80. The summed E-state index contributed by atoms with van der Waals surface area (Å²) in [4.78, 5) is 12.1. The lowest BCUT2D eigenvalue weighted by Crippen LogP contribution is -2.43. The Morgan fingerprint density at radius 1 is 1.50 bits per heavy atom. The van der Waals surface area contributed by atoms with Crippen molar-refractivity contribution in [2.75, 3.05) is 5.32 Å². The highest BCUT2D eigenvalue weighted by molar-refractivity contribution is 5.93. The van der Waals surface area contributed by atoms with Gasteiger partial charge in [0.05, 0.1) is 0 Å². The van der Waals surface area contributed by atoms with Crippen LogP contribution in [0.2, 0.25) is 0 Å². The summed E-state index contributed by atoms with van der Waals surface area (Å²) in [5.74, 6) is -0.386. The lowest BCUT2D eigenvalue weighted by Gasteiger charge is -2.43. The predicted molar refractivity (Wildman–Crippen MR) is 69.4 cm³/mol. The third kappa shape index (κ3) is 2.53. The molecule has 0 bridgehead atoms. The molecule has 1 unspecified atom stereocenters. The van der Waals surface area contributed by atoms with Gasteiger partial charge in [0.25, 0.3) is 0 Å². The Kier molecular flexibility index (Phi) is 3.39. The number of halogens is 1. The van der Waals surface area contributed by atoms with Crippen molar-refractivity contribution >= 4 is 11.6 Å². The monoisotopic (exact) mass is 250 g/mol. The van der Waals surface area contributed by atoms with Gasteiger partial charge in [-0.2, -0.15) is 0 Å². The maximum atomic E-state index is 13.3. The van der Waals surface area contributed by atoms with Crippen LogP contribution in [0.15, 0.2) is 18.2 Å². The molecule has 4 heteroatoms.